The van der Waals surface area contributed by atoms with Gasteiger partial charge in [0.1, 0.15) is 5.75 Å². The fourth-order valence-electron chi connectivity index (χ4n) is 2.29. The van der Waals surface area contributed by atoms with E-state index in [1.54, 1.807) is 18.2 Å². The number of hydrogen-bond acceptors (Lipinski definition) is 5. The van der Waals surface area contributed by atoms with Gasteiger partial charge in [-0.25, -0.2) is 5.43 Å². The van der Waals surface area contributed by atoms with Gasteiger partial charge >= 0.3 is 0 Å². The van der Waals surface area contributed by atoms with Crippen LogP contribution in [0.25, 0.3) is 0 Å². The van der Waals surface area contributed by atoms with Gasteiger partial charge in [0, 0.05) is 5.56 Å². The van der Waals surface area contributed by atoms with E-state index in [-0.39, 0.29) is 18.3 Å². The molecule has 2 aromatic rings. The van der Waals surface area contributed by atoms with Crippen molar-refractivity contribution in [2.24, 2.45) is 5.10 Å². The van der Waals surface area contributed by atoms with Gasteiger partial charge < -0.3 is 14.6 Å². The zero-order chi connectivity index (χ0) is 18.2. The summed E-state index contributed by atoms with van der Waals surface area (Å²) in [4.78, 5) is 11.8. The number of nitrogens with one attached hydrogen (secondary N) is 1. The summed E-state index contributed by atoms with van der Waals surface area (Å²) < 4.78 is 10.8. The average Bonchev–Trinajstić information content (AvgIpc) is 2.58. The maximum atomic E-state index is 11.8. The predicted molar refractivity (Wildman–Crippen MR) is 96.4 cm³/mol. The molecule has 0 aliphatic heterocycles. The molecule has 1 amide bonds. The lowest BCUT2D eigenvalue weighted by Gasteiger charge is -2.10. The minimum atomic E-state index is -0.389. The van der Waals surface area contributed by atoms with Crippen LogP contribution >= 0.6 is 0 Å². The number of ether oxygens (including phenoxy) is 2. The zero-order valence-corrected chi connectivity index (χ0v) is 14.6. The van der Waals surface area contributed by atoms with E-state index in [0.717, 1.165) is 11.1 Å². The third-order valence-corrected chi connectivity index (χ3v) is 3.48. The minimum absolute atomic E-state index is 0.0193. The summed E-state index contributed by atoms with van der Waals surface area (Å²) in [5.41, 5.74) is 4.75. The number of nitrogens with zero attached hydrogens (tertiary/aromatic N) is 1. The van der Waals surface area contributed by atoms with E-state index < -0.39 is 0 Å². The molecule has 132 valence electrons. The lowest BCUT2D eigenvalue weighted by molar-refractivity contribution is -0.123. The molecule has 0 aromatic heterocycles. The highest BCUT2D eigenvalue weighted by molar-refractivity contribution is 5.86. The Bertz CT molecular complexity index is 752. The van der Waals surface area contributed by atoms with Gasteiger partial charge in [-0.15, -0.1) is 0 Å². The molecular formula is C19H22N2O4. The molecular weight excluding hydrogens is 320 g/mol. The Kier molecular flexibility index (Phi) is 6.39. The van der Waals surface area contributed by atoms with Crippen LogP contribution in [-0.2, 0) is 4.79 Å². The topological polar surface area (TPSA) is 80.2 Å². The molecule has 25 heavy (non-hydrogen) atoms. The van der Waals surface area contributed by atoms with Gasteiger partial charge in [0.05, 0.1) is 12.8 Å². The number of carbonyl (C=O) groups is 1. The summed E-state index contributed by atoms with van der Waals surface area (Å²) in [5, 5.41) is 13.9. The molecule has 0 aliphatic rings. The normalized spacial score (nSPS) is 10.7. The number of para-hydroxylation sites is 2. The maximum absolute atomic E-state index is 11.8. The van der Waals surface area contributed by atoms with Crippen LogP contribution in [0, 0.1) is 13.8 Å². The van der Waals surface area contributed by atoms with E-state index in [9.17, 15) is 9.90 Å². The van der Waals surface area contributed by atoms with Crippen LogP contribution in [0.1, 0.15) is 23.6 Å². The van der Waals surface area contributed by atoms with E-state index in [1.165, 1.54) is 6.21 Å². The van der Waals surface area contributed by atoms with Crippen LogP contribution in [0.5, 0.6) is 17.2 Å². The highest BCUT2D eigenvalue weighted by Gasteiger charge is 2.08. The summed E-state index contributed by atoms with van der Waals surface area (Å²) in [7, 11) is 0. The fraction of sp³-hybridized carbons (Fsp3) is 0.263. The molecule has 2 rings (SSSR count). The van der Waals surface area contributed by atoms with E-state index in [2.05, 4.69) is 10.5 Å². The molecule has 0 saturated carbocycles. The number of hydrazone groups is 1. The number of benzene rings is 2. The largest absolute Gasteiger partial charge is 0.504 e. The molecule has 2 aromatic carbocycles. The molecule has 0 saturated heterocycles. The van der Waals surface area contributed by atoms with Crippen molar-refractivity contribution in [2.75, 3.05) is 13.2 Å². The average molecular weight is 342 g/mol. The van der Waals surface area contributed by atoms with E-state index in [4.69, 9.17) is 9.47 Å². The summed E-state index contributed by atoms with van der Waals surface area (Å²) in [5.74, 6) is 0.660. The zero-order valence-electron chi connectivity index (χ0n) is 14.6. The third kappa shape index (κ3) is 4.97. The molecule has 0 atom stereocenters. The summed E-state index contributed by atoms with van der Waals surface area (Å²) >= 11 is 0. The second-order valence-corrected chi connectivity index (χ2v) is 5.43. The molecule has 0 heterocycles. The first-order valence-corrected chi connectivity index (χ1v) is 7.98. The number of rotatable bonds is 7. The predicted octanol–water partition coefficient (Wildman–Crippen LogP) is 2.94. The fourth-order valence-corrected chi connectivity index (χ4v) is 2.29. The van der Waals surface area contributed by atoms with Gasteiger partial charge in [0.2, 0.25) is 0 Å². The van der Waals surface area contributed by atoms with Crippen molar-refractivity contribution < 1.29 is 19.4 Å². The first-order chi connectivity index (χ1) is 12.0. The quantitative estimate of drug-likeness (QED) is 0.599. The molecule has 0 unspecified atom stereocenters. The standard InChI is InChI=1S/C19H22N2O4/c1-4-24-16-10-6-9-15(18(16)23)11-20-21-17(22)12-25-19-13(2)7-5-8-14(19)3/h5-11,23H,4,12H2,1-3H3,(H,21,22)/b20-11-. The van der Waals surface area contributed by atoms with Crippen molar-refractivity contribution in [3.8, 4) is 17.2 Å². The van der Waals surface area contributed by atoms with Crippen molar-refractivity contribution >= 4 is 12.1 Å². The summed E-state index contributed by atoms with van der Waals surface area (Å²) in [6.07, 6.45) is 1.36. The van der Waals surface area contributed by atoms with E-state index in [0.29, 0.717) is 23.7 Å². The van der Waals surface area contributed by atoms with Crippen LogP contribution in [0.4, 0.5) is 0 Å². The number of amides is 1. The first-order valence-electron chi connectivity index (χ1n) is 7.98. The van der Waals surface area contributed by atoms with Crippen molar-refractivity contribution in [1.82, 2.24) is 5.43 Å². The van der Waals surface area contributed by atoms with Crippen molar-refractivity contribution in [2.45, 2.75) is 20.8 Å². The van der Waals surface area contributed by atoms with Crippen LogP contribution in [0.15, 0.2) is 41.5 Å². The van der Waals surface area contributed by atoms with Gasteiger partial charge in [-0.1, -0.05) is 24.3 Å². The molecule has 6 nitrogen and oxygen atoms in total. The Morgan fingerprint density at radius 2 is 1.84 bits per heavy atom. The lowest BCUT2D eigenvalue weighted by atomic mass is 10.1. The number of aryl methyl sites for hydroxylation is 2. The second-order valence-electron chi connectivity index (χ2n) is 5.43. The van der Waals surface area contributed by atoms with Gasteiger partial charge in [-0.3, -0.25) is 4.79 Å². The smallest absolute Gasteiger partial charge is 0.277 e. The Hall–Kier alpha value is -3.02. The number of aromatic hydroxyl groups is 1. The SMILES string of the molecule is CCOc1cccc(/C=N\NC(=O)COc2c(C)cccc2C)c1O. The number of phenols is 1. The van der Waals surface area contributed by atoms with Crippen molar-refractivity contribution in [3.63, 3.8) is 0 Å². The highest BCUT2D eigenvalue weighted by Crippen LogP contribution is 2.28. The van der Waals surface area contributed by atoms with Crippen molar-refractivity contribution in [3.05, 3.63) is 53.1 Å². The van der Waals surface area contributed by atoms with Crippen LogP contribution in [0.3, 0.4) is 0 Å². The van der Waals surface area contributed by atoms with E-state index >= 15 is 0 Å². The number of phenolic OH excluding ortho intramolecular Hbond substituents is 1. The molecule has 0 aliphatic carbocycles. The monoisotopic (exact) mass is 342 g/mol. The maximum Gasteiger partial charge on any atom is 0.277 e. The summed E-state index contributed by atoms with van der Waals surface area (Å²) in [6, 6.07) is 10.8. The lowest BCUT2D eigenvalue weighted by Crippen LogP contribution is -2.25. The minimum Gasteiger partial charge on any atom is -0.504 e. The third-order valence-electron chi connectivity index (χ3n) is 3.48. The molecule has 0 fully saturated rings. The van der Waals surface area contributed by atoms with Gasteiger partial charge in [-0.05, 0) is 44.0 Å². The Labute approximate surface area is 147 Å². The van der Waals surface area contributed by atoms with Crippen molar-refractivity contribution in [1.29, 1.82) is 0 Å². The molecule has 0 spiro atoms. The summed E-state index contributed by atoms with van der Waals surface area (Å²) in [6.45, 7) is 5.98. The van der Waals surface area contributed by atoms with Crippen LogP contribution in [0.2, 0.25) is 0 Å². The molecule has 0 radical (unpaired) electrons. The van der Waals surface area contributed by atoms with Gasteiger partial charge in [0.25, 0.3) is 5.91 Å². The van der Waals surface area contributed by atoms with Crippen LogP contribution < -0.4 is 14.9 Å². The Balaban J connectivity index is 1.92. The molecule has 2 N–H and O–H groups in total. The number of carbonyl (C=O) groups excluding carboxylic acids is 1. The second kappa shape index (κ2) is 8.73. The van der Waals surface area contributed by atoms with E-state index in [1.807, 2.05) is 39.0 Å². The Morgan fingerprint density at radius 3 is 2.52 bits per heavy atom. The molecule has 0 bridgehead atoms. The van der Waals surface area contributed by atoms with Gasteiger partial charge in [0.15, 0.2) is 18.1 Å². The highest BCUT2D eigenvalue weighted by atomic mass is 16.5. The van der Waals surface area contributed by atoms with Gasteiger partial charge in [-0.2, -0.15) is 5.10 Å². The van der Waals surface area contributed by atoms with Crippen LogP contribution in [-0.4, -0.2) is 30.4 Å². The molecule has 6 heteroatoms. The Morgan fingerprint density at radius 1 is 1.16 bits per heavy atom. The number of hydrogen-bond donors (Lipinski definition) is 2. The first kappa shape index (κ1) is 18.3.